The van der Waals surface area contributed by atoms with Gasteiger partial charge in [0.05, 0.1) is 0 Å². The third kappa shape index (κ3) is 1.50. The molecule has 0 heterocycles. The Kier molecular flexibility index (Phi) is 2.31. The molecule has 0 bridgehead atoms. The maximum Gasteiger partial charge on any atom is -0.0165 e. The maximum atomic E-state index is 4.04. The molecule has 1 rings (SSSR count). The molecule has 1 aliphatic rings. The fourth-order valence-corrected chi connectivity index (χ4v) is 1.62. The van der Waals surface area contributed by atoms with Crippen molar-refractivity contribution in [2.24, 2.45) is 5.92 Å². The van der Waals surface area contributed by atoms with Crippen LogP contribution < -0.4 is 0 Å². The molecule has 0 atom stereocenters. The summed E-state index contributed by atoms with van der Waals surface area (Å²) in [4.78, 5) is 0. The van der Waals surface area contributed by atoms with E-state index in [1.54, 1.807) is 0 Å². The van der Waals surface area contributed by atoms with Gasteiger partial charge in [-0.15, -0.1) is 0 Å². The van der Waals surface area contributed by atoms with Gasteiger partial charge in [-0.05, 0) is 31.3 Å². The molecule has 0 spiro atoms. The van der Waals surface area contributed by atoms with Crippen LogP contribution in [0, 0.1) is 5.92 Å². The molecule has 1 fully saturated rings. The first-order chi connectivity index (χ1) is 4.72. The molecule has 0 aliphatic heterocycles. The topological polar surface area (TPSA) is 0 Å². The predicted octanol–water partition coefficient (Wildman–Crippen LogP) is 3.31. The third-order valence-corrected chi connectivity index (χ3v) is 2.40. The summed E-state index contributed by atoms with van der Waals surface area (Å²) in [6, 6.07) is 0. The van der Waals surface area contributed by atoms with E-state index in [9.17, 15) is 0 Å². The summed E-state index contributed by atoms with van der Waals surface area (Å²) in [5.74, 6) is 0.762. The Labute approximate surface area is 63.6 Å². The van der Waals surface area contributed by atoms with E-state index in [1.807, 2.05) is 0 Å². The highest BCUT2D eigenvalue weighted by Gasteiger charge is 2.17. The molecule has 0 aromatic rings. The van der Waals surface area contributed by atoms with Crippen molar-refractivity contribution >= 4 is 0 Å². The molecule has 0 N–H and O–H groups in total. The number of hydrogen-bond donors (Lipinski definition) is 0. The molecule has 0 aromatic heterocycles. The van der Waals surface area contributed by atoms with Gasteiger partial charge in [0.25, 0.3) is 0 Å². The summed E-state index contributed by atoms with van der Waals surface area (Å²) < 4.78 is 0. The molecule has 0 amide bonds. The monoisotopic (exact) mass is 136 g/mol. The SMILES string of the molecule is C=C(C)C(=C)C1CCCC1. The average Bonchev–Trinajstić information content (AvgIpc) is 2.36. The highest BCUT2D eigenvalue weighted by Crippen LogP contribution is 2.32. The molecule has 0 radical (unpaired) electrons. The summed E-state index contributed by atoms with van der Waals surface area (Å²) in [6.45, 7) is 9.99. The number of hydrogen-bond acceptors (Lipinski definition) is 0. The normalized spacial score (nSPS) is 19.3. The van der Waals surface area contributed by atoms with Crippen LogP contribution in [-0.2, 0) is 0 Å². The minimum atomic E-state index is 0.762. The van der Waals surface area contributed by atoms with Crippen LogP contribution in [0.5, 0.6) is 0 Å². The van der Waals surface area contributed by atoms with Crippen molar-refractivity contribution < 1.29 is 0 Å². The summed E-state index contributed by atoms with van der Waals surface area (Å²) in [5.41, 5.74) is 2.46. The zero-order valence-electron chi connectivity index (χ0n) is 6.82. The van der Waals surface area contributed by atoms with Crippen LogP contribution in [0.15, 0.2) is 24.3 Å². The first-order valence-electron chi connectivity index (χ1n) is 4.06. The van der Waals surface area contributed by atoms with E-state index < -0.39 is 0 Å². The van der Waals surface area contributed by atoms with Gasteiger partial charge in [-0.2, -0.15) is 0 Å². The van der Waals surface area contributed by atoms with Crippen molar-refractivity contribution in [1.29, 1.82) is 0 Å². The Bertz CT molecular complexity index is 147. The van der Waals surface area contributed by atoms with Gasteiger partial charge in [-0.3, -0.25) is 0 Å². The van der Waals surface area contributed by atoms with Crippen LogP contribution >= 0.6 is 0 Å². The van der Waals surface area contributed by atoms with Crippen LogP contribution in [0.4, 0.5) is 0 Å². The third-order valence-electron chi connectivity index (χ3n) is 2.40. The molecule has 0 saturated heterocycles. The van der Waals surface area contributed by atoms with Crippen LogP contribution in [0.2, 0.25) is 0 Å². The lowest BCUT2D eigenvalue weighted by Gasteiger charge is -2.11. The van der Waals surface area contributed by atoms with Crippen LogP contribution in [0.25, 0.3) is 0 Å². The second-order valence-electron chi connectivity index (χ2n) is 3.29. The molecular formula is C10H16. The Balaban J connectivity index is 2.48. The largest absolute Gasteiger partial charge is 0.0958 e. The second kappa shape index (κ2) is 3.05. The Morgan fingerprint density at radius 3 is 2.10 bits per heavy atom. The van der Waals surface area contributed by atoms with Crippen molar-refractivity contribution in [3.05, 3.63) is 24.3 Å². The minimum Gasteiger partial charge on any atom is -0.0958 e. The summed E-state index contributed by atoms with van der Waals surface area (Å²) in [6.07, 6.45) is 5.45. The highest BCUT2D eigenvalue weighted by molar-refractivity contribution is 5.25. The predicted molar refractivity (Wildman–Crippen MR) is 45.9 cm³/mol. The van der Waals surface area contributed by atoms with Crippen molar-refractivity contribution in [2.75, 3.05) is 0 Å². The van der Waals surface area contributed by atoms with Crippen LogP contribution in [0.1, 0.15) is 32.6 Å². The van der Waals surface area contributed by atoms with E-state index in [4.69, 9.17) is 0 Å². The van der Waals surface area contributed by atoms with Crippen molar-refractivity contribution in [3.8, 4) is 0 Å². The maximum absolute atomic E-state index is 4.04. The van der Waals surface area contributed by atoms with Crippen LogP contribution in [0.3, 0.4) is 0 Å². The molecule has 0 heteroatoms. The summed E-state index contributed by atoms with van der Waals surface area (Å²) in [7, 11) is 0. The second-order valence-corrected chi connectivity index (χ2v) is 3.29. The molecular weight excluding hydrogens is 120 g/mol. The van der Waals surface area contributed by atoms with E-state index >= 15 is 0 Å². The van der Waals surface area contributed by atoms with Crippen molar-refractivity contribution in [1.82, 2.24) is 0 Å². The van der Waals surface area contributed by atoms with Gasteiger partial charge in [-0.25, -0.2) is 0 Å². The molecule has 56 valence electrons. The molecule has 0 aromatic carbocycles. The highest BCUT2D eigenvalue weighted by atomic mass is 14.2. The molecule has 0 nitrogen and oxygen atoms in total. The zero-order valence-corrected chi connectivity index (χ0v) is 6.82. The lowest BCUT2D eigenvalue weighted by molar-refractivity contribution is 0.652. The first-order valence-corrected chi connectivity index (χ1v) is 4.06. The van der Waals surface area contributed by atoms with E-state index in [2.05, 4.69) is 20.1 Å². The lowest BCUT2D eigenvalue weighted by Crippen LogP contribution is -1.97. The van der Waals surface area contributed by atoms with Crippen molar-refractivity contribution in [2.45, 2.75) is 32.6 Å². The Morgan fingerprint density at radius 1 is 1.20 bits per heavy atom. The van der Waals surface area contributed by atoms with Gasteiger partial charge in [0, 0.05) is 0 Å². The Hall–Kier alpha value is -0.520. The minimum absolute atomic E-state index is 0.762. The summed E-state index contributed by atoms with van der Waals surface area (Å²) >= 11 is 0. The lowest BCUT2D eigenvalue weighted by atomic mass is 9.94. The number of rotatable bonds is 2. The molecule has 0 unspecified atom stereocenters. The summed E-state index contributed by atoms with van der Waals surface area (Å²) in [5, 5.41) is 0. The van der Waals surface area contributed by atoms with Gasteiger partial charge < -0.3 is 0 Å². The van der Waals surface area contributed by atoms with Gasteiger partial charge in [-0.1, -0.05) is 31.6 Å². The van der Waals surface area contributed by atoms with Gasteiger partial charge in [0.15, 0.2) is 0 Å². The van der Waals surface area contributed by atoms with E-state index in [0.717, 1.165) is 5.92 Å². The molecule has 1 saturated carbocycles. The fraction of sp³-hybridized carbons (Fsp3) is 0.600. The van der Waals surface area contributed by atoms with E-state index in [0.29, 0.717) is 0 Å². The standard InChI is InChI=1S/C10H16/c1-8(2)9(3)10-6-4-5-7-10/h10H,1,3-7H2,2H3. The van der Waals surface area contributed by atoms with Crippen molar-refractivity contribution in [3.63, 3.8) is 0 Å². The molecule has 10 heavy (non-hydrogen) atoms. The van der Waals surface area contributed by atoms with E-state index in [-0.39, 0.29) is 0 Å². The van der Waals surface area contributed by atoms with Gasteiger partial charge in [0.1, 0.15) is 0 Å². The number of allylic oxidation sites excluding steroid dienone is 2. The fourth-order valence-electron chi connectivity index (χ4n) is 1.62. The van der Waals surface area contributed by atoms with Gasteiger partial charge >= 0.3 is 0 Å². The Morgan fingerprint density at radius 2 is 1.70 bits per heavy atom. The zero-order chi connectivity index (χ0) is 7.56. The van der Waals surface area contributed by atoms with Gasteiger partial charge in [0.2, 0.25) is 0 Å². The van der Waals surface area contributed by atoms with E-state index in [1.165, 1.54) is 36.8 Å². The first kappa shape index (κ1) is 7.59. The average molecular weight is 136 g/mol. The quantitative estimate of drug-likeness (QED) is 0.511. The van der Waals surface area contributed by atoms with Crippen LogP contribution in [-0.4, -0.2) is 0 Å². The molecule has 1 aliphatic carbocycles. The smallest absolute Gasteiger partial charge is 0.0165 e.